The van der Waals surface area contributed by atoms with Crippen LogP contribution in [-0.4, -0.2) is 15.0 Å². The maximum absolute atomic E-state index is 11.8. The van der Waals surface area contributed by atoms with Crippen LogP contribution in [0.3, 0.4) is 0 Å². The second kappa shape index (κ2) is 4.91. The Hall–Kier alpha value is -1.97. The maximum Gasteiger partial charge on any atom is 0.254 e. The summed E-state index contributed by atoms with van der Waals surface area (Å²) in [6.45, 7) is 3.98. The molecule has 0 amide bonds. The number of aromatic amines is 1. The van der Waals surface area contributed by atoms with E-state index in [-0.39, 0.29) is 5.56 Å². The Kier molecular flexibility index (Phi) is 3.32. The van der Waals surface area contributed by atoms with Crippen molar-refractivity contribution >= 4 is 0 Å². The minimum atomic E-state index is -0.0579. The van der Waals surface area contributed by atoms with Crippen LogP contribution >= 0.6 is 0 Å². The summed E-state index contributed by atoms with van der Waals surface area (Å²) in [5, 5.41) is 0. The highest BCUT2D eigenvalue weighted by atomic mass is 16.1. The lowest BCUT2D eigenvalue weighted by Gasteiger charge is -2.06. The fourth-order valence-electron chi connectivity index (χ4n) is 1.77. The summed E-state index contributed by atoms with van der Waals surface area (Å²) in [4.78, 5) is 22.9. The zero-order valence-corrected chi connectivity index (χ0v) is 10.0. The number of rotatable bonds is 3. The first-order chi connectivity index (χ1) is 8.22. The molecule has 0 saturated carbocycles. The van der Waals surface area contributed by atoms with E-state index in [9.17, 15) is 4.79 Å². The van der Waals surface area contributed by atoms with E-state index in [1.165, 1.54) is 6.33 Å². The van der Waals surface area contributed by atoms with Crippen LogP contribution in [0.4, 0.5) is 0 Å². The summed E-state index contributed by atoms with van der Waals surface area (Å²) >= 11 is 0. The Morgan fingerprint density at radius 2 is 2.12 bits per heavy atom. The molecule has 2 aromatic rings. The molecule has 2 heterocycles. The molecule has 1 N–H and O–H groups in total. The summed E-state index contributed by atoms with van der Waals surface area (Å²) in [6.07, 6.45) is 4.85. The highest BCUT2D eigenvalue weighted by molar-refractivity contribution is 5.61. The van der Waals surface area contributed by atoms with Crippen LogP contribution in [0.5, 0.6) is 0 Å². The van der Waals surface area contributed by atoms with Crippen LogP contribution in [0.2, 0.25) is 0 Å². The highest BCUT2D eigenvalue weighted by Crippen LogP contribution is 2.18. The molecule has 0 atom stereocenters. The fourth-order valence-corrected chi connectivity index (χ4v) is 1.77. The van der Waals surface area contributed by atoms with Crippen molar-refractivity contribution in [3.63, 3.8) is 0 Å². The van der Waals surface area contributed by atoms with E-state index in [0.29, 0.717) is 0 Å². The second-order valence-electron chi connectivity index (χ2n) is 4.00. The zero-order chi connectivity index (χ0) is 12.3. The smallest absolute Gasteiger partial charge is 0.254 e. The summed E-state index contributed by atoms with van der Waals surface area (Å²) in [5.41, 5.74) is 3.27. The van der Waals surface area contributed by atoms with Crippen molar-refractivity contribution in [1.82, 2.24) is 15.0 Å². The Bertz CT molecular complexity index is 558. The molecule has 0 bridgehead atoms. The molecule has 0 radical (unpaired) electrons. The SMILES string of the molecule is CCCc1c(-c2ccc(C)nc2)nc[nH]c1=O. The number of hydrogen-bond acceptors (Lipinski definition) is 3. The van der Waals surface area contributed by atoms with Gasteiger partial charge in [0.25, 0.3) is 5.56 Å². The Labute approximate surface area is 99.8 Å². The molecular weight excluding hydrogens is 214 g/mol. The summed E-state index contributed by atoms with van der Waals surface area (Å²) < 4.78 is 0. The van der Waals surface area contributed by atoms with Crippen LogP contribution in [0.25, 0.3) is 11.3 Å². The van der Waals surface area contributed by atoms with Gasteiger partial charge in [0.1, 0.15) is 0 Å². The molecule has 4 heteroatoms. The van der Waals surface area contributed by atoms with E-state index < -0.39 is 0 Å². The molecule has 0 unspecified atom stereocenters. The number of pyridine rings is 1. The van der Waals surface area contributed by atoms with Gasteiger partial charge in [0, 0.05) is 23.0 Å². The van der Waals surface area contributed by atoms with Crippen molar-refractivity contribution in [2.24, 2.45) is 0 Å². The summed E-state index contributed by atoms with van der Waals surface area (Å²) in [6, 6.07) is 3.87. The molecule has 0 saturated heterocycles. The van der Waals surface area contributed by atoms with E-state index in [1.54, 1.807) is 6.20 Å². The van der Waals surface area contributed by atoms with E-state index in [1.807, 2.05) is 26.0 Å². The lowest BCUT2D eigenvalue weighted by molar-refractivity contribution is 0.887. The normalized spacial score (nSPS) is 10.5. The molecule has 4 nitrogen and oxygen atoms in total. The molecule has 88 valence electrons. The third kappa shape index (κ3) is 2.41. The number of nitrogens with one attached hydrogen (secondary N) is 1. The van der Waals surface area contributed by atoms with Gasteiger partial charge < -0.3 is 4.98 Å². The van der Waals surface area contributed by atoms with Crippen molar-refractivity contribution in [3.8, 4) is 11.3 Å². The van der Waals surface area contributed by atoms with E-state index in [4.69, 9.17) is 0 Å². The average molecular weight is 229 g/mol. The van der Waals surface area contributed by atoms with Gasteiger partial charge in [-0.2, -0.15) is 0 Å². The van der Waals surface area contributed by atoms with Gasteiger partial charge in [-0.3, -0.25) is 9.78 Å². The minimum absolute atomic E-state index is 0.0579. The van der Waals surface area contributed by atoms with Gasteiger partial charge >= 0.3 is 0 Å². The van der Waals surface area contributed by atoms with Crippen molar-refractivity contribution in [2.75, 3.05) is 0 Å². The molecule has 0 fully saturated rings. The Balaban J connectivity index is 2.54. The van der Waals surface area contributed by atoms with E-state index in [0.717, 1.165) is 35.4 Å². The van der Waals surface area contributed by atoms with Crippen LogP contribution < -0.4 is 5.56 Å². The van der Waals surface area contributed by atoms with Gasteiger partial charge in [-0.15, -0.1) is 0 Å². The monoisotopic (exact) mass is 229 g/mol. The zero-order valence-electron chi connectivity index (χ0n) is 10.0. The van der Waals surface area contributed by atoms with Crippen molar-refractivity contribution in [1.29, 1.82) is 0 Å². The van der Waals surface area contributed by atoms with Gasteiger partial charge in [0.15, 0.2) is 0 Å². The minimum Gasteiger partial charge on any atom is -0.313 e. The van der Waals surface area contributed by atoms with Gasteiger partial charge in [0.2, 0.25) is 0 Å². The molecule has 17 heavy (non-hydrogen) atoms. The molecule has 0 aliphatic carbocycles. The number of H-pyrrole nitrogens is 1. The number of aryl methyl sites for hydroxylation is 1. The highest BCUT2D eigenvalue weighted by Gasteiger charge is 2.09. The van der Waals surface area contributed by atoms with Gasteiger partial charge in [-0.25, -0.2) is 4.98 Å². The fraction of sp³-hybridized carbons (Fsp3) is 0.308. The first kappa shape index (κ1) is 11.5. The molecule has 0 aliphatic rings. The second-order valence-corrected chi connectivity index (χ2v) is 4.00. The van der Waals surface area contributed by atoms with E-state index in [2.05, 4.69) is 15.0 Å². The van der Waals surface area contributed by atoms with Crippen molar-refractivity contribution in [3.05, 3.63) is 46.3 Å². The Morgan fingerprint density at radius 1 is 1.29 bits per heavy atom. The quantitative estimate of drug-likeness (QED) is 0.876. The molecule has 2 rings (SSSR count). The van der Waals surface area contributed by atoms with Gasteiger partial charge in [-0.05, 0) is 25.5 Å². The van der Waals surface area contributed by atoms with Gasteiger partial charge in [0.05, 0.1) is 12.0 Å². The molecule has 0 aromatic carbocycles. The number of nitrogens with zero attached hydrogens (tertiary/aromatic N) is 2. The topological polar surface area (TPSA) is 58.6 Å². The maximum atomic E-state index is 11.8. The molecular formula is C13H15N3O. The average Bonchev–Trinajstić information content (AvgIpc) is 2.33. The Morgan fingerprint density at radius 3 is 2.76 bits per heavy atom. The number of aromatic nitrogens is 3. The largest absolute Gasteiger partial charge is 0.313 e. The van der Waals surface area contributed by atoms with Crippen molar-refractivity contribution in [2.45, 2.75) is 26.7 Å². The lowest BCUT2D eigenvalue weighted by Crippen LogP contribution is -2.14. The van der Waals surface area contributed by atoms with Crippen LogP contribution in [-0.2, 0) is 6.42 Å². The predicted molar refractivity (Wildman–Crippen MR) is 66.8 cm³/mol. The predicted octanol–water partition coefficient (Wildman–Crippen LogP) is 2.09. The first-order valence-electron chi connectivity index (χ1n) is 5.72. The first-order valence-corrected chi connectivity index (χ1v) is 5.72. The number of hydrogen-bond donors (Lipinski definition) is 1. The third-order valence-corrected chi connectivity index (χ3v) is 2.63. The van der Waals surface area contributed by atoms with E-state index >= 15 is 0 Å². The van der Waals surface area contributed by atoms with Crippen molar-refractivity contribution < 1.29 is 0 Å². The standard InChI is InChI=1S/C13H15N3O/c1-3-4-11-12(15-8-16-13(11)17)10-6-5-9(2)14-7-10/h5-8H,3-4H2,1-2H3,(H,15,16,17). The lowest BCUT2D eigenvalue weighted by atomic mass is 10.1. The summed E-state index contributed by atoms with van der Waals surface area (Å²) in [5.74, 6) is 0. The van der Waals surface area contributed by atoms with Crippen LogP contribution in [0.1, 0.15) is 24.6 Å². The molecule has 2 aromatic heterocycles. The van der Waals surface area contributed by atoms with Crippen LogP contribution in [0, 0.1) is 6.92 Å². The third-order valence-electron chi connectivity index (χ3n) is 2.63. The summed E-state index contributed by atoms with van der Waals surface area (Å²) in [7, 11) is 0. The van der Waals surface area contributed by atoms with Crippen LogP contribution in [0.15, 0.2) is 29.5 Å². The molecule has 0 spiro atoms. The molecule has 0 aliphatic heterocycles. The van der Waals surface area contributed by atoms with Gasteiger partial charge in [-0.1, -0.05) is 13.3 Å².